The van der Waals surface area contributed by atoms with E-state index in [1.807, 2.05) is 6.07 Å². The fraction of sp³-hybridized carbons (Fsp3) is 0.400. The predicted molar refractivity (Wildman–Crippen MR) is 50.2 cm³/mol. The molecule has 0 saturated heterocycles. The van der Waals surface area contributed by atoms with Gasteiger partial charge in [0.05, 0.1) is 18.6 Å². The number of nitrogens with zero attached hydrogens (tertiary/aromatic N) is 2. The molecule has 0 saturated carbocycles. The summed E-state index contributed by atoms with van der Waals surface area (Å²) in [4.78, 5) is 3.99. The van der Waals surface area contributed by atoms with Gasteiger partial charge in [0.15, 0.2) is 0 Å². The van der Waals surface area contributed by atoms with Crippen LogP contribution in [0.3, 0.4) is 0 Å². The number of rotatable bonds is 3. The first-order chi connectivity index (χ1) is 6.66. The molecule has 0 aliphatic rings. The second-order valence-electron chi connectivity index (χ2n) is 3.05. The number of aryl methyl sites for hydroxylation is 1. The zero-order valence-electron chi connectivity index (χ0n) is 7.88. The van der Waals surface area contributed by atoms with Crippen LogP contribution in [-0.4, -0.2) is 21.3 Å². The summed E-state index contributed by atoms with van der Waals surface area (Å²) in [7, 11) is 0. The minimum atomic E-state index is -1.05. The fourth-order valence-electron chi connectivity index (χ4n) is 1.22. The van der Waals surface area contributed by atoms with Crippen LogP contribution in [0.15, 0.2) is 18.3 Å². The van der Waals surface area contributed by atoms with Crippen LogP contribution < -0.4 is 0 Å². The molecule has 1 heterocycles. The van der Waals surface area contributed by atoms with Crippen LogP contribution in [-0.2, 0) is 0 Å². The minimum Gasteiger partial charge on any atom is -0.389 e. The number of aromatic nitrogens is 1. The Hall–Kier alpha value is -1.44. The van der Waals surface area contributed by atoms with Crippen molar-refractivity contribution in [3.05, 3.63) is 29.6 Å². The van der Waals surface area contributed by atoms with Crippen LogP contribution >= 0.6 is 0 Å². The Kier molecular flexibility index (Phi) is 3.57. The van der Waals surface area contributed by atoms with E-state index in [1.54, 1.807) is 25.3 Å². The lowest BCUT2D eigenvalue weighted by molar-refractivity contribution is 0.0210. The smallest absolute Gasteiger partial charge is 0.108 e. The molecule has 2 N–H and O–H groups in total. The van der Waals surface area contributed by atoms with E-state index in [9.17, 15) is 10.2 Å². The highest BCUT2D eigenvalue weighted by molar-refractivity contribution is 5.22. The van der Waals surface area contributed by atoms with E-state index in [0.29, 0.717) is 11.3 Å². The highest BCUT2D eigenvalue weighted by Crippen LogP contribution is 2.20. The molecule has 2 unspecified atom stereocenters. The molecule has 74 valence electrons. The normalized spacial score (nSPS) is 14.4. The summed E-state index contributed by atoms with van der Waals surface area (Å²) < 4.78 is 0. The molecule has 0 aromatic carbocycles. The molecule has 1 rings (SSSR count). The summed E-state index contributed by atoms with van der Waals surface area (Å²) in [6.07, 6.45) is -0.566. The van der Waals surface area contributed by atoms with Crippen LogP contribution in [0.4, 0.5) is 0 Å². The Balaban J connectivity index is 2.84. The second kappa shape index (κ2) is 4.70. The van der Waals surface area contributed by atoms with Crippen molar-refractivity contribution in [1.29, 1.82) is 5.26 Å². The van der Waals surface area contributed by atoms with E-state index < -0.39 is 12.2 Å². The zero-order valence-corrected chi connectivity index (χ0v) is 7.88. The van der Waals surface area contributed by atoms with E-state index in [4.69, 9.17) is 5.26 Å². The molecule has 2 atom stereocenters. The molecule has 1 aromatic heterocycles. The van der Waals surface area contributed by atoms with Gasteiger partial charge in [0.2, 0.25) is 0 Å². The summed E-state index contributed by atoms with van der Waals surface area (Å²) in [6, 6.07) is 5.18. The summed E-state index contributed by atoms with van der Waals surface area (Å²) in [5.41, 5.74) is 1.23. The van der Waals surface area contributed by atoms with Gasteiger partial charge in [-0.05, 0) is 13.0 Å². The standard InChI is InChI=1S/C10H12N2O2/c1-7-8(3-2-6-12-7)10(14)9(13)4-5-11/h2-3,6,9-10,13-14H,4H2,1H3. The molecule has 1 aromatic rings. The van der Waals surface area contributed by atoms with Crippen molar-refractivity contribution in [2.24, 2.45) is 0 Å². The Morgan fingerprint density at radius 1 is 1.57 bits per heavy atom. The van der Waals surface area contributed by atoms with Gasteiger partial charge in [-0.15, -0.1) is 0 Å². The lowest BCUT2D eigenvalue weighted by Crippen LogP contribution is -2.18. The Morgan fingerprint density at radius 2 is 2.29 bits per heavy atom. The van der Waals surface area contributed by atoms with E-state index in [2.05, 4.69) is 4.98 Å². The van der Waals surface area contributed by atoms with Crippen LogP contribution in [0.2, 0.25) is 0 Å². The van der Waals surface area contributed by atoms with E-state index >= 15 is 0 Å². The third-order valence-corrected chi connectivity index (χ3v) is 2.03. The van der Waals surface area contributed by atoms with Crippen LogP contribution in [0.5, 0.6) is 0 Å². The van der Waals surface area contributed by atoms with Gasteiger partial charge in [-0.25, -0.2) is 0 Å². The van der Waals surface area contributed by atoms with E-state index in [0.717, 1.165) is 0 Å². The van der Waals surface area contributed by atoms with Gasteiger partial charge in [-0.3, -0.25) is 4.98 Å². The highest BCUT2D eigenvalue weighted by atomic mass is 16.3. The third-order valence-electron chi connectivity index (χ3n) is 2.03. The average molecular weight is 192 g/mol. The predicted octanol–water partition coefficient (Wildman–Crippen LogP) is 0.698. The maximum atomic E-state index is 9.66. The van der Waals surface area contributed by atoms with Crippen LogP contribution in [0.25, 0.3) is 0 Å². The molecule has 4 nitrogen and oxygen atoms in total. The summed E-state index contributed by atoms with van der Waals surface area (Å²) in [5.74, 6) is 0. The summed E-state index contributed by atoms with van der Waals surface area (Å²) >= 11 is 0. The van der Waals surface area contributed by atoms with Crippen molar-refractivity contribution in [3.8, 4) is 6.07 Å². The first kappa shape index (κ1) is 10.6. The molecule has 0 aliphatic heterocycles. The number of aliphatic hydroxyl groups excluding tert-OH is 2. The molecule has 0 spiro atoms. The van der Waals surface area contributed by atoms with Gasteiger partial charge in [0.1, 0.15) is 6.10 Å². The van der Waals surface area contributed by atoms with Gasteiger partial charge < -0.3 is 10.2 Å². The first-order valence-corrected chi connectivity index (χ1v) is 4.31. The fourth-order valence-corrected chi connectivity index (χ4v) is 1.22. The molecule has 4 heteroatoms. The van der Waals surface area contributed by atoms with Gasteiger partial charge in [-0.2, -0.15) is 5.26 Å². The van der Waals surface area contributed by atoms with E-state index in [-0.39, 0.29) is 6.42 Å². The maximum Gasteiger partial charge on any atom is 0.108 e. The molecule has 14 heavy (non-hydrogen) atoms. The largest absolute Gasteiger partial charge is 0.389 e. The Morgan fingerprint density at radius 3 is 2.86 bits per heavy atom. The Bertz CT molecular complexity index is 346. The van der Waals surface area contributed by atoms with Crippen molar-refractivity contribution in [2.75, 3.05) is 0 Å². The molecule has 0 fully saturated rings. The summed E-state index contributed by atoms with van der Waals surface area (Å²) in [5, 5.41) is 27.4. The zero-order chi connectivity index (χ0) is 10.6. The minimum absolute atomic E-state index is 0.0878. The van der Waals surface area contributed by atoms with Crippen LogP contribution in [0, 0.1) is 18.3 Å². The van der Waals surface area contributed by atoms with Gasteiger partial charge >= 0.3 is 0 Å². The van der Waals surface area contributed by atoms with E-state index in [1.165, 1.54) is 0 Å². The topological polar surface area (TPSA) is 77.1 Å². The molecule has 0 amide bonds. The van der Waals surface area contributed by atoms with Gasteiger partial charge in [0.25, 0.3) is 0 Å². The SMILES string of the molecule is Cc1ncccc1C(O)C(O)CC#N. The lowest BCUT2D eigenvalue weighted by atomic mass is 10.0. The van der Waals surface area contributed by atoms with Gasteiger partial charge in [-0.1, -0.05) is 6.07 Å². The number of hydrogen-bond donors (Lipinski definition) is 2. The number of hydrogen-bond acceptors (Lipinski definition) is 4. The average Bonchev–Trinajstić information content (AvgIpc) is 2.18. The van der Waals surface area contributed by atoms with Crippen molar-refractivity contribution in [2.45, 2.75) is 25.6 Å². The maximum absolute atomic E-state index is 9.66. The van der Waals surface area contributed by atoms with Gasteiger partial charge in [0, 0.05) is 17.5 Å². The highest BCUT2D eigenvalue weighted by Gasteiger charge is 2.19. The summed E-state index contributed by atoms with van der Waals surface area (Å²) in [6.45, 7) is 1.75. The molecular weight excluding hydrogens is 180 g/mol. The third kappa shape index (κ3) is 2.28. The van der Waals surface area contributed by atoms with Crippen LogP contribution in [0.1, 0.15) is 23.8 Å². The number of pyridine rings is 1. The molecule has 0 bridgehead atoms. The molecule has 0 radical (unpaired) electrons. The number of aliphatic hydroxyl groups is 2. The quantitative estimate of drug-likeness (QED) is 0.739. The van der Waals surface area contributed by atoms with Crippen molar-refractivity contribution >= 4 is 0 Å². The number of nitriles is 1. The molecule has 0 aliphatic carbocycles. The Labute approximate surface area is 82.5 Å². The van der Waals surface area contributed by atoms with Crippen molar-refractivity contribution in [1.82, 2.24) is 4.98 Å². The first-order valence-electron chi connectivity index (χ1n) is 4.31. The second-order valence-corrected chi connectivity index (χ2v) is 3.05. The lowest BCUT2D eigenvalue weighted by Gasteiger charge is -2.16. The van der Waals surface area contributed by atoms with Crippen molar-refractivity contribution in [3.63, 3.8) is 0 Å². The van der Waals surface area contributed by atoms with Crippen molar-refractivity contribution < 1.29 is 10.2 Å². The monoisotopic (exact) mass is 192 g/mol. The molecular formula is C10H12N2O2.